The molecule has 31 heavy (non-hydrogen) atoms. The molecule has 4 atom stereocenters. The summed E-state index contributed by atoms with van der Waals surface area (Å²) in [7, 11) is 0. The van der Waals surface area contributed by atoms with Gasteiger partial charge in [-0.2, -0.15) is 10.1 Å². The van der Waals surface area contributed by atoms with E-state index in [9.17, 15) is 19.7 Å². The Kier molecular flexibility index (Phi) is 3.53. The highest BCUT2D eigenvalue weighted by Crippen LogP contribution is 2.73. The molecule has 2 saturated carbocycles. The number of allylic oxidation sites excluding steroid dienone is 2. The Morgan fingerprint density at radius 1 is 1.13 bits per heavy atom. The van der Waals surface area contributed by atoms with E-state index in [1.54, 1.807) is 31.2 Å². The summed E-state index contributed by atoms with van der Waals surface area (Å²) >= 11 is 0. The van der Waals surface area contributed by atoms with E-state index in [2.05, 4.69) is 17.3 Å². The van der Waals surface area contributed by atoms with Crippen LogP contribution in [-0.2, 0) is 9.59 Å². The third-order valence-electron chi connectivity index (χ3n) is 7.37. The van der Waals surface area contributed by atoms with Crippen molar-refractivity contribution in [1.82, 2.24) is 5.01 Å². The number of furan rings is 1. The Labute approximate surface area is 177 Å². The average molecular weight is 417 g/mol. The van der Waals surface area contributed by atoms with E-state index in [1.165, 1.54) is 12.3 Å². The second kappa shape index (κ2) is 6.00. The van der Waals surface area contributed by atoms with Gasteiger partial charge in [-0.05, 0) is 60.8 Å². The van der Waals surface area contributed by atoms with Crippen LogP contribution in [0.25, 0.3) is 11.3 Å². The number of imide groups is 1. The minimum absolute atomic E-state index is 0.0486. The van der Waals surface area contributed by atoms with Crippen molar-refractivity contribution >= 4 is 23.7 Å². The van der Waals surface area contributed by atoms with Crippen LogP contribution in [0.15, 0.2) is 52.0 Å². The molecule has 1 aromatic heterocycles. The number of hydrogen-bond donors (Lipinski definition) is 0. The van der Waals surface area contributed by atoms with Gasteiger partial charge in [-0.25, -0.2) is 0 Å². The topological polar surface area (TPSA) is 106 Å². The van der Waals surface area contributed by atoms with Crippen molar-refractivity contribution in [2.24, 2.45) is 34.2 Å². The molecule has 3 fully saturated rings. The molecule has 3 aliphatic carbocycles. The number of carbonyl (C=O) groups excluding carboxylic acids is 2. The predicted octanol–water partition coefficient (Wildman–Crippen LogP) is 3.69. The van der Waals surface area contributed by atoms with E-state index in [4.69, 9.17) is 4.42 Å². The number of fused-ring (bicyclic) bond motifs is 3. The number of hydrazone groups is 1. The SMILES string of the molecule is Cc1ccc(-c2ccc(/C=N\N3C(=O)[C@@H]4[C@H](C3=O)[C@@H]3C=C[C@@H]4C34CC4)o2)c([N+](=O)[O-])c1. The number of aryl methyl sites for hydroxylation is 1. The molecule has 2 aromatic rings. The number of rotatable bonds is 4. The van der Waals surface area contributed by atoms with Crippen LogP contribution in [-0.4, -0.2) is 28.0 Å². The molecule has 8 heteroatoms. The lowest BCUT2D eigenvalue weighted by atomic mass is 9.85. The Hall–Kier alpha value is -3.55. The highest BCUT2D eigenvalue weighted by atomic mass is 16.6. The fourth-order valence-corrected chi connectivity index (χ4v) is 5.86. The maximum Gasteiger partial charge on any atom is 0.280 e. The second-order valence-electron chi connectivity index (χ2n) is 8.93. The smallest absolute Gasteiger partial charge is 0.280 e. The summed E-state index contributed by atoms with van der Waals surface area (Å²) in [4.78, 5) is 36.8. The van der Waals surface area contributed by atoms with Crippen molar-refractivity contribution < 1.29 is 18.9 Å². The summed E-state index contributed by atoms with van der Waals surface area (Å²) in [5.74, 6) is -0.156. The molecule has 1 saturated heterocycles. The molecule has 2 amide bonds. The highest BCUT2D eigenvalue weighted by Gasteiger charge is 2.73. The van der Waals surface area contributed by atoms with Crippen molar-refractivity contribution in [3.05, 3.63) is 63.9 Å². The number of hydrogen-bond acceptors (Lipinski definition) is 6. The van der Waals surface area contributed by atoms with Crippen LogP contribution in [0.2, 0.25) is 0 Å². The summed E-state index contributed by atoms with van der Waals surface area (Å²) in [5.41, 5.74) is 1.23. The third-order valence-corrected chi connectivity index (χ3v) is 7.37. The minimum atomic E-state index is -0.450. The molecule has 6 rings (SSSR count). The van der Waals surface area contributed by atoms with Crippen molar-refractivity contribution in [3.8, 4) is 11.3 Å². The zero-order chi connectivity index (χ0) is 21.5. The molecule has 1 aromatic carbocycles. The Bertz CT molecular complexity index is 1190. The van der Waals surface area contributed by atoms with Gasteiger partial charge in [0, 0.05) is 6.07 Å². The number of carbonyl (C=O) groups is 2. The summed E-state index contributed by atoms with van der Waals surface area (Å²) < 4.78 is 5.71. The Morgan fingerprint density at radius 2 is 1.81 bits per heavy atom. The van der Waals surface area contributed by atoms with Crippen LogP contribution in [0.5, 0.6) is 0 Å². The lowest BCUT2D eigenvalue weighted by Crippen LogP contribution is -2.30. The molecule has 2 heterocycles. The lowest BCUT2D eigenvalue weighted by Gasteiger charge is -2.18. The first-order valence-corrected chi connectivity index (χ1v) is 10.4. The van der Waals surface area contributed by atoms with Gasteiger partial charge in [0.15, 0.2) is 0 Å². The molecule has 1 spiro atoms. The van der Waals surface area contributed by atoms with Crippen molar-refractivity contribution in [1.29, 1.82) is 0 Å². The summed E-state index contributed by atoms with van der Waals surface area (Å²) in [5, 5.41) is 16.5. The fraction of sp³-hybridized carbons (Fsp3) is 0.348. The molecule has 0 unspecified atom stereocenters. The van der Waals surface area contributed by atoms with Crippen LogP contribution in [0.1, 0.15) is 24.2 Å². The van der Waals surface area contributed by atoms with Gasteiger partial charge >= 0.3 is 0 Å². The average Bonchev–Trinajstić information content (AvgIpc) is 3.03. The highest BCUT2D eigenvalue weighted by molar-refractivity contribution is 6.07. The standard InChI is InChI=1S/C23H19N3O5/c1-12-2-4-14(17(10-12)26(29)30)18-7-3-13(31-18)11-24-25-21(27)19-15-5-6-16(20(19)22(25)28)23(15)8-9-23/h2-7,10-11,15-16,19-20H,8-9H2,1H3/b24-11-/t15-,16-,19-,20+/m0/s1. The van der Waals surface area contributed by atoms with Crippen LogP contribution in [0, 0.1) is 46.1 Å². The van der Waals surface area contributed by atoms with Gasteiger partial charge in [-0.1, -0.05) is 18.2 Å². The summed E-state index contributed by atoms with van der Waals surface area (Å²) in [6, 6.07) is 8.12. The number of nitro groups is 1. The zero-order valence-corrected chi connectivity index (χ0v) is 16.7. The molecule has 156 valence electrons. The van der Waals surface area contributed by atoms with Gasteiger partial charge in [0.25, 0.3) is 17.5 Å². The van der Waals surface area contributed by atoms with Crippen molar-refractivity contribution in [3.63, 3.8) is 0 Å². The first-order chi connectivity index (χ1) is 14.9. The molecule has 4 aliphatic rings. The van der Waals surface area contributed by atoms with E-state index < -0.39 is 4.92 Å². The number of amides is 2. The normalized spacial score (nSPS) is 29.5. The van der Waals surface area contributed by atoms with E-state index in [1.807, 2.05) is 0 Å². The van der Waals surface area contributed by atoms with E-state index >= 15 is 0 Å². The van der Waals surface area contributed by atoms with Gasteiger partial charge in [-0.3, -0.25) is 19.7 Å². The van der Waals surface area contributed by atoms with Crippen LogP contribution in [0.4, 0.5) is 5.69 Å². The first-order valence-electron chi connectivity index (χ1n) is 10.4. The molecular weight excluding hydrogens is 398 g/mol. The van der Waals surface area contributed by atoms with Gasteiger partial charge in [-0.15, -0.1) is 0 Å². The van der Waals surface area contributed by atoms with Crippen molar-refractivity contribution in [2.75, 3.05) is 0 Å². The molecular formula is C23H19N3O5. The van der Waals surface area contributed by atoms with Crippen LogP contribution in [0.3, 0.4) is 0 Å². The van der Waals surface area contributed by atoms with Gasteiger partial charge in [0.05, 0.1) is 28.5 Å². The monoisotopic (exact) mass is 417 g/mol. The zero-order valence-electron chi connectivity index (χ0n) is 16.7. The Balaban J connectivity index is 1.25. The third kappa shape index (κ3) is 2.38. The van der Waals surface area contributed by atoms with E-state index in [0.717, 1.165) is 23.4 Å². The molecule has 2 bridgehead atoms. The quantitative estimate of drug-likeness (QED) is 0.248. The molecule has 1 aliphatic heterocycles. The molecule has 0 N–H and O–H groups in total. The van der Waals surface area contributed by atoms with Crippen LogP contribution < -0.4 is 0 Å². The second-order valence-corrected chi connectivity index (χ2v) is 8.93. The number of benzene rings is 1. The number of nitrogens with zero attached hydrogens (tertiary/aromatic N) is 3. The van der Waals surface area contributed by atoms with Gasteiger partial charge < -0.3 is 4.42 Å². The van der Waals surface area contributed by atoms with Gasteiger partial charge in [0.1, 0.15) is 11.5 Å². The largest absolute Gasteiger partial charge is 0.455 e. The number of nitro benzene ring substituents is 1. The summed E-state index contributed by atoms with van der Waals surface area (Å²) in [6.07, 6.45) is 7.73. The minimum Gasteiger partial charge on any atom is -0.455 e. The van der Waals surface area contributed by atoms with E-state index in [0.29, 0.717) is 17.1 Å². The Morgan fingerprint density at radius 3 is 2.42 bits per heavy atom. The first kappa shape index (κ1) is 18.2. The lowest BCUT2D eigenvalue weighted by molar-refractivity contribution is -0.384. The fourth-order valence-electron chi connectivity index (χ4n) is 5.86. The maximum absolute atomic E-state index is 13.0. The summed E-state index contributed by atoms with van der Waals surface area (Å²) in [6.45, 7) is 1.78. The predicted molar refractivity (Wildman–Crippen MR) is 110 cm³/mol. The van der Waals surface area contributed by atoms with Gasteiger partial charge in [0.2, 0.25) is 0 Å². The molecule has 8 nitrogen and oxygen atoms in total. The van der Waals surface area contributed by atoms with Crippen LogP contribution >= 0.6 is 0 Å². The molecule has 0 radical (unpaired) electrons. The maximum atomic E-state index is 13.0. The van der Waals surface area contributed by atoms with Crippen molar-refractivity contribution in [2.45, 2.75) is 19.8 Å². The van der Waals surface area contributed by atoms with E-state index in [-0.39, 0.29) is 46.6 Å².